The number of sulfonamides is 1. The molecule has 3 aromatic rings. The van der Waals surface area contributed by atoms with Crippen LogP contribution in [0, 0.1) is 0 Å². The van der Waals surface area contributed by atoms with E-state index in [-0.39, 0.29) is 10.8 Å². The molecule has 0 fully saturated rings. The topological polar surface area (TPSA) is 75.7 Å². The molecular weight excluding hydrogens is 412 g/mol. The van der Waals surface area contributed by atoms with Crippen LogP contribution in [-0.4, -0.2) is 32.4 Å². The van der Waals surface area contributed by atoms with Gasteiger partial charge in [0.1, 0.15) is 5.75 Å². The molecule has 160 valence electrons. The first-order valence-corrected chi connectivity index (χ1v) is 11.7. The summed E-state index contributed by atoms with van der Waals surface area (Å²) in [7, 11) is -3.84. The number of ether oxygens (including phenoxy) is 1. The molecule has 0 unspecified atom stereocenters. The van der Waals surface area contributed by atoms with Crippen LogP contribution in [0.1, 0.15) is 28.4 Å². The predicted octanol–water partition coefficient (Wildman–Crippen LogP) is 4.08. The maximum Gasteiger partial charge on any atom is 0.261 e. The number of amides is 1. The molecule has 7 heteroatoms. The molecular formula is C24H24N2O4S. The molecule has 1 heterocycles. The number of carbonyl (C=O) groups is 1. The van der Waals surface area contributed by atoms with Gasteiger partial charge in [0.2, 0.25) is 0 Å². The number of nitrogens with one attached hydrogen (secondary N) is 1. The van der Waals surface area contributed by atoms with E-state index in [1.807, 2.05) is 25.1 Å². The molecule has 31 heavy (non-hydrogen) atoms. The highest BCUT2D eigenvalue weighted by atomic mass is 32.2. The summed E-state index contributed by atoms with van der Waals surface area (Å²) >= 11 is 0. The summed E-state index contributed by atoms with van der Waals surface area (Å²) in [5, 5.41) is 0. The Bertz CT molecular complexity index is 1190. The second-order valence-corrected chi connectivity index (χ2v) is 9.02. The van der Waals surface area contributed by atoms with Gasteiger partial charge in [-0.2, -0.15) is 0 Å². The number of anilines is 1. The third kappa shape index (κ3) is 4.72. The Morgan fingerprint density at radius 1 is 1.00 bits per heavy atom. The lowest BCUT2D eigenvalue weighted by Gasteiger charge is -2.29. The summed E-state index contributed by atoms with van der Waals surface area (Å²) in [5.74, 6) is 0.494. The molecule has 0 aliphatic carbocycles. The van der Waals surface area contributed by atoms with Crippen LogP contribution in [0.4, 0.5) is 5.69 Å². The number of benzene rings is 3. The number of hydrogen-bond acceptors (Lipinski definition) is 4. The van der Waals surface area contributed by atoms with Gasteiger partial charge in [0.25, 0.3) is 15.9 Å². The Balaban J connectivity index is 1.51. The van der Waals surface area contributed by atoms with Crippen molar-refractivity contribution < 1.29 is 17.9 Å². The minimum absolute atomic E-state index is 0.0460. The van der Waals surface area contributed by atoms with Gasteiger partial charge in [-0.25, -0.2) is 8.42 Å². The highest BCUT2D eigenvalue weighted by molar-refractivity contribution is 7.92. The minimum atomic E-state index is -3.84. The second kappa shape index (κ2) is 8.81. The molecule has 0 bridgehead atoms. The second-order valence-electron chi connectivity index (χ2n) is 7.34. The van der Waals surface area contributed by atoms with E-state index in [4.69, 9.17) is 4.74 Å². The van der Waals surface area contributed by atoms with Gasteiger partial charge in [0, 0.05) is 24.3 Å². The summed E-state index contributed by atoms with van der Waals surface area (Å²) in [5.41, 5.74) is 3.16. The Labute approximate surface area is 182 Å². The lowest BCUT2D eigenvalue weighted by Crippen LogP contribution is -2.36. The van der Waals surface area contributed by atoms with Gasteiger partial charge in [-0.05, 0) is 66.9 Å². The van der Waals surface area contributed by atoms with Gasteiger partial charge in [-0.3, -0.25) is 9.52 Å². The number of carbonyl (C=O) groups excluding carboxylic acids is 1. The van der Waals surface area contributed by atoms with E-state index in [1.54, 1.807) is 41.3 Å². The molecule has 4 rings (SSSR count). The highest BCUT2D eigenvalue weighted by Crippen LogP contribution is 2.23. The Kier molecular flexibility index (Phi) is 5.95. The molecule has 6 nitrogen and oxygen atoms in total. The monoisotopic (exact) mass is 436 g/mol. The van der Waals surface area contributed by atoms with Crippen LogP contribution in [0.5, 0.6) is 5.75 Å². The number of nitrogens with zero attached hydrogens (tertiary/aromatic N) is 1. The Morgan fingerprint density at radius 2 is 1.74 bits per heavy atom. The smallest absolute Gasteiger partial charge is 0.261 e. The van der Waals surface area contributed by atoms with Crippen molar-refractivity contribution >= 4 is 21.6 Å². The third-order valence-corrected chi connectivity index (χ3v) is 6.61. The summed E-state index contributed by atoms with van der Waals surface area (Å²) in [4.78, 5) is 14.8. The molecule has 1 amide bonds. The lowest BCUT2D eigenvalue weighted by atomic mass is 9.99. The summed E-state index contributed by atoms with van der Waals surface area (Å²) in [6.07, 6.45) is 0.791. The van der Waals surface area contributed by atoms with Crippen LogP contribution >= 0.6 is 0 Å². The summed E-state index contributed by atoms with van der Waals surface area (Å²) in [6.45, 7) is 3.55. The molecule has 0 saturated carbocycles. The highest BCUT2D eigenvalue weighted by Gasteiger charge is 2.23. The van der Waals surface area contributed by atoms with E-state index in [0.717, 1.165) is 12.0 Å². The summed E-state index contributed by atoms with van der Waals surface area (Å²) < 4.78 is 33.7. The fraction of sp³-hybridized carbons (Fsp3) is 0.208. The van der Waals surface area contributed by atoms with Crippen molar-refractivity contribution in [3.63, 3.8) is 0 Å². The Hall–Kier alpha value is -3.32. The van der Waals surface area contributed by atoms with Crippen LogP contribution in [0.25, 0.3) is 0 Å². The minimum Gasteiger partial charge on any atom is -0.494 e. The van der Waals surface area contributed by atoms with Crippen molar-refractivity contribution in [1.82, 2.24) is 4.90 Å². The van der Waals surface area contributed by atoms with Crippen molar-refractivity contribution in [2.45, 2.75) is 24.8 Å². The normalized spacial score (nSPS) is 13.4. The molecule has 1 N–H and O–H groups in total. The van der Waals surface area contributed by atoms with Crippen LogP contribution in [0.15, 0.2) is 77.7 Å². The third-order valence-electron chi connectivity index (χ3n) is 5.23. The lowest BCUT2D eigenvalue weighted by molar-refractivity contribution is 0.0734. The largest absolute Gasteiger partial charge is 0.494 e. The molecule has 0 spiro atoms. The maximum atomic E-state index is 13.0. The number of fused-ring (bicyclic) bond motifs is 1. The van der Waals surface area contributed by atoms with E-state index in [9.17, 15) is 13.2 Å². The van der Waals surface area contributed by atoms with Crippen LogP contribution in [-0.2, 0) is 23.0 Å². The van der Waals surface area contributed by atoms with Crippen molar-refractivity contribution in [1.29, 1.82) is 0 Å². The fourth-order valence-electron chi connectivity index (χ4n) is 3.65. The van der Waals surface area contributed by atoms with E-state index in [0.29, 0.717) is 36.7 Å². The molecule has 1 aliphatic rings. The van der Waals surface area contributed by atoms with E-state index in [1.165, 1.54) is 17.7 Å². The average Bonchev–Trinajstić information content (AvgIpc) is 2.79. The molecule has 0 atom stereocenters. The van der Waals surface area contributed by atoms with Gasteiger partial charge < -0.3 is 9.64 Å². The zero-order chi connectivity index (χ0) is 21.8. The maximum absolute atomic E-state index is 13.0. The Morgan fingerprint density at radius 3 is 2.48 bits per heavy atom. The standard InChI is InChI=1S/C24H24N2O4S/c1-2-30-22-12-10-21(11-13-22)25-31(28,29)23-9-5-8-19(16-23)24(27)26-15-14-18-6-3-4-7-20(18)17-26/h3-13,16,25H,2,14-15,17H2,1H3. The van der Waals surface area contributed by atoms with E-state index >= 15 is 0 Å². The first-order valence-electron chi connectivity index (χ1n) is 10.2. The van der Waals surface area contributed by atoms with Crippen molar-refractivity contribution in [2.24, 2.45) is 0 Å². The zero-order valence-corrected chi connectivity index (χ0v) is 18.1. The first kappa shape index (κ1) is 20.9. The van der Waals surface area contributed by atoms with Gasteiger partial charge in [0.15, 0.2) is 0 Å². The van der Waals surface area contributed by atoms with Crippen molar-refractivity contribution in [2.75, 3.05) is 17.9 Å². The quantitative estimate of drug-likeness (QED) is 0.632. The average molecular weight is 437 g/mol. The van der Waals surface area contributed by atoms with Crippen molar-refractivity contribution in [3.05, 3.63) is 89.5 Å². The van der Waals surface area contributed by atoms with Crippen LogP contribution < -0.4 is 9.46 Å². The van der Waals surface area contributed by atoms with Crippen LogP contribution in [0.3, 0.4) is 0 Å². The van der Waals surface area contributed by atoms with Crippen molar-refractivity contribution in [3.8, 4) is 5.75 Å². The fourth-order valence-corrected chi connectivity index (χ4v) is 4.75. The molecule has 0 aromatic heterocycles. The molecule has 1 aliphatic heterocycles. The molecule has 0 radical (unpaired) electrons. The predicted molar refractivity (Wildman–Crippen MR) is 120 cm³/mol. The van der Waals surface area contributed by atoms with Gasteiger partial charge in [-0.15, -0.1) is 0 Å². The van der Waals surface area contributed by atoms with Gasteiger partial charge in [0.05, 0.1) is 11.5 Å². The van der Waals surface area contributed by atoms with E-state index in [2.05, 4.69) is 10.8 Å². The van der Waals surface area contributed by atoms with E-state index < -0.39 is 10.0 Å². The number of hydrogen-bond donors (Lipinski definition) is 1. The zero-order valence-electron chi connectivity index (χ0n) is 17.2. The molecule has 0 saturated heterocycles. The first-order chi connectivity index (χ1) is 15.0. The van der Waals surface area contributed by atoms with Gasteiger partial charge in [-0.1, -0.05) is 30.3 Å². The van der Waals surface area contributed by atoms with Gasteiger partial charge >= 0.3 is 0 Å². The summed E-state index contributed by atoms with van der Waals surface area (Å²) in [6, 6.07) is 20.9. The van der Waals surface area contributed by atoms with Crippen LogP contribution in [0.2, 0.25) is 0 Å². The molecule has 3 aromatic carbocycles. The number of rotatable bonds is 6. The SMILES string of the molecule is CCOc1ccc(NS(=O)(=O)c2cccc(C(=O)N3CCc4ccccc4C3)c2)cc1.